The number of nitrogens with zero attached hydrogens (tertiary/aromatic N) is 2. The third-order valence-corrected chi connectivity index (χ3v) is 7.01. The molecule has 0 aromatic heterocycles. The van der Waals surface area contributed by atoms with Crippen molar-refractivity contribution in [2.24, 2.45) is 5.73 Å². The molecule has 2 aliphatic rings. The first kappa shape index (κ1) is 28.7. The fourth-order valence-electron chi connectivity index (χ4n) is 5.24. The van der Waals surface area contributed by atoms with Crippen molar-refractivity contribution in [2.75, 3.05) is 18.0 Å². The Labute approximate surface area is 214 Å². The highest BCUT2D eigenvalue weighted by Gasteiger charge is 2.60. The zero-order valence-corrected chi connectivity index (χ0v) is 20.5. The van der Waals surface area contributed by atoms with Crippen LogP contribution < -0.4 is 10.6 Å². The highest BCUT2D eigenvalue weighted by Crippen LogP contribution is 2.53. The first-order chi connectivity index (χ1) is 16.7. The van der Waals surface area contributed by atoms with Crippen LogP contribution in [0.3, 0.4) is 0 Å². The van der Waals surface area contributed by atoms with Crippen LogP contribution in [0.4, 0.5) is 32.0 Å². The number of hydrogen-bond acceptors (Lipinski definition) is 4. The molecule has 1 aliphatic heterocycles. The fourth-order valence-corrected chi connectivity index (χ4v) is 5.24. The first-order valence-electron chi connectivity index (χ1n) is 11.3. The lowest BCUT2D eigenvalue weighted by atomic mass is 9.82. The SMILES string of the molecule is CCN(CC)[C@H]1C[C@H](N2C(=O)C(O)(c3c(F)cc(F)cc3F)c3c2cc(C(N)=O)cc3C(F)(F)F)C1.Cl. The molecule has 0 bridgehead atoms. The van der Waals surface area contributed by atoms with E-state index in [-0.39, 0.29) is 30.6 Å². The second kappa shape index (κ2) is 9.80. The molecule has 1 heterocycles. The van der Waals surface area contributed by atoms with Crippen LogP contribution >= 0.6 is 12.4 Å². The Kier molecular flexibility index (Phi) is 7.62. The van der Waals surface area contributed by atoms with E-state index >= 15 is 0 Å². The summed E-state index contributed by atoms with van der Waals surface area (Å²) in [6, 6.07) is 0.796. The Bertz CT molecular complexity index is 1220. The van der Waals surface area contributed by atoms with E-state index in [1.165, 1.54) is 0 Å². The number of alkyl halides is 3. The largest absolute Gasteiger partial charge is 0.416 e. The third kappa shape index (κ3) is 4.44. The minimum atomic E-state index is -5.25. The van der Waals surface area contributed by atoms with E-state index in [1.807, 2.05) is 13.8 Å². The molecule has 202 valence electrons. The average Bonchev–Trinajstić information content (AvgIpc) is 2.96. The molecule has 1 fully saturated rings. The van der Waals surface area contributed by atoms with E-state index in [2.05, 4.69) is 4.90 Å². The molecule has 2 amide bonds. The highest BCUT2D eigenvalue weighted by molar-refractivity contribution is 6.11. The van der Waals surface area contributed by atoms with Gasteiger partial charge in [-0.15, -0.1) is 12.4 Å². The number of fused-ring (bicyclic) bond motifs is 1. The van der Waals surface area contributed by atoms with Crippen molar-refractivity contribution < 1.29 is 41.0 Å². The number of carbonyl (C=O) groups is 2. The maximum Gasteiger partial charge on any atom is 0.416 e. The molecule has 37 heavy (non-hydrogen) atoms. The van der Waals surface area contributed by atoms with Crippen LogP contribution in [0.25, 0.3) is 0 Å². The summed E-state index contributed by atoms with van der Waals surface area (Å²) in [6.45, 7) is 5.19. The molecule has 4 rings (SSSR count). The van der Waals surface area contributed by atoms with Crippen molar-refractivity contribution in [3.63, 3.8) is 0 Å². The van der Waals surface area contributed by atoms with Crippen LogP contribution in [0, 0.1) is 17.5 Å². The molecule has 1 aliphatic carbocycles. The third-order valence-electron chi connectivity index (χ3n) is 7.01. The predicted molar refractivity (Wildman–Crippen MR) is 124 cm³/mol. The predicted octanol–water partition coefficient (Wildman–Crippen LogP) is 4.10. The molecule has 1 atom stereocenters. The molecule has 1 saturated carbocycles. The quantitative estimate of drug-likeness (QED) is 0.529. The summed E-state index contributed by atoms with van der Waals surface area (Å²) >= 11 is 0. The summed E-state index contributed by atoms with van der Waals surface area (Å²) < 4.78 is 85.8. The van der Waals surface area contributed by atoms with Crippen molar-refractivity contribution in [1.82, 2.24) is 4.90 Å². The van der Waals surface area contributed by atoms with Crippen molar-refractivity contribution in [3.05, 3.63) is 64.0 Å². The second-order valence-corrected chi connectivity index (χ2v) is 8.91. The molecule has 0 saturated heterocycles. The lowest BCUT2D eigenvalue weighted by Gasteiger charge is -2.46. The van der Waals surface area contributed by atoms with Gasteiger partial charge in [-0.05, 0) is 38.1 Å². The fraction of sp³-hybridized carbons (Fsp3) is 0.417. The number of rotatable bonds is 6. The Morgan fingerprint density at radius 1 is 1.08 bits per heavy atom. The smallest absolute Gasteiger partial charge is 0.371 e. The van der Waals surface area contributed by atoms with E-state index in [0.717, 1.165) is 11.0 Å². The maximum absolute atomic E-state index is 14.8. The van der Waals surface area contributed by atoms with Gasteiger partial charge in [0.05, 0.1) is 16.8 Å². The summed E-state index contributed by atoms with van der Waals surface area (Å²) in [5.41, 5.74) is -3.62. The van der Waals surface area contributed by atoms with Gasteiger partial charge in [0.25, 0.3) is 5.91 Å². The van der Waals surface area contributed by atoms with Gasteiger partial charge in [-0.2, -0.15) is 13.2 Å². The number of nitrogens with two attached hydrogens (primary N) is 1. The van der Waals surface area contributed by atoms with Crippen LogP contribution in [0.15, 0.2) is 24.3 Å². The number of benzene rings is 2. The van der Waals surface area contributed by atoms with Crippen molar-refractivity contribution in [1.29, 1.82) is 0 Å². The van der Waals surface area contributed by atoms with Gasteiger partial charge in [-0.3, -0.25) is 9.59 Å². The monoisotopic (exact) mass is 551 g/mol. The second-order valence-electron chi connectivity index (χ2n) is 8.91. The normalized spacial score (nSPS) is 23.1. The summed E-state index contributed by atoms with van der Waals surface area (Å²) in [4.78, 5) is 28.4. The Morgan fingerprint density at radius 2 is 1.62 bits per heavy atom. The van der Waals surface area contributed by atoms with Crippen molar-refractivity contribution in [2.45, 2.75) is 50.6 Å². The number of hydrogen-bond donors (Lipinski definition) is 2. The van der Waals surface area contributed by atoms with Crippen LogP contribution in [0.2, 0.25) is 0 Å². The van der Waals surface area contributed by atoms with E-state index < -0.39 is 75.0 Å². The van der Waals surface area contributed by atoms with Gasteiger partial charge in [-0.25, -0.2) is 13.2 Å². The molecule has 13 heteroatoms. The van der Waals surface area contributed by atoms with E-state index in [0.29, 0.717) is 32.0 Å². The molecule has 2 aromatic rings. The topological polar surface area (TPSA) is 86.9 Å². The standard InChI is InChI=1S/C24H23F6N3O3.ClH/c1-3-32(4-2)13-9-14(10-13)33-18-6-11(21(31)34)5-15(24(28,29)30)19(18)23(36,22(33)35)20-16(26)7-12(25)8-17(20)27;/h5-8,13-14,36H,3-4,9-10H2,1-2H3,(H2,31,34);1H/t13-,14-,23?;. The van der Waals surface area contributed by atoms with Crippen molar-refractivity contribution >= 4 is 29.9 Å². The maximum atomic E-state index is 14.8. The van der Waals surface area contributed by atoms with Crippen molar-refractivity contribution in [3.8, 4) is 0 Å². The summed E-state index contributed by atoms with van der Waals surface area (Å²) in [5.74, 6) is -7.53. The lowest BCUT2D eigenvalue weighted by Crippen LogP contribution is -2.57. The minimum absolute atomic E-state index is 0. The number of anilines is 1. The van der Waals surface area contributed by atoms with Gasteiger partial charge >= 0.3 is 6.18 Å². The molecule has 1 unspecified atom stereocenters. The van der Waals surface area contributed by atoms with Gasteiger partial charge in [-0.1, -0.05) is 13.8 Å². The van der Waals surface area contributed by atoms with Gasteiger partial charge in [0.15, 0.2) is 0 Å². The number of aliphatic hydroxyl groups is 1. The summed E-state index contributed by atoms with van der Waals surface area (Å²) in [6.07, 6.45) is -4.64. The lowest BCUT2D eigenvalue weighted by molar-refractivity contribution is -0.142. The van der Waals surface area contributed by atoms with E-state index in [1.54, 1.807) is 0 Å². The Hall–Kier alpha value is -2.83. The Balaban J connectivity index is 0.00000380. The summed E-state index contributed by atoms with van der Waals surface area (Å²) in [7, 11) is 0. The van der Waals surface area contributed by atoms with Crippen LogP contribution in [-0.4, -0.2) is 47.0 Å². The van der Waals surface area contributed by atoms with Gasteiger partial charge in [0, 0.05) is 35.3 Å². The molecule has 0 spiro atoms. The molecular formula is C24H24ClF6N3O3. The number of amides is 2. The van der Waals surface area contributed by atoms with E-state index in [4.69, 9.17) is 5.73 Å². The molecular weight excluding hydrogens is 528 g/mol. The highest BCUT2D eigenvalue weighted by atomic mass is 35.5. The average molecular weight is 552 g/mol. The molecule has 2 aromatic carbocycles. The van der Waals surface area contributed by atoms with Crippen LogP contribution in [0.5, 0.6) is 0 Å². The number of primary amides is 1. The molecule has 6 nitrogen and oxygen atoms in total. The minimum Gasteiger partial charge on any atom is -0.371 e. The zero-order valence-electron chi connectivity index (χ0n) is 19.7. The first-order valence-corrected chi connectivity index (χ1v) is 11.3. The molecule has 0 radical (unpaired) electrons. The van der Waals surface area contributed by atoms with Gasteiger partial charge in [0.2, 0.25) is 11.5 Å². The van der Waals surface area contributed by atoms with Crippen LogP contribution in [-0.2, 0) is 16.6 Å². The van der Waals surface area contributed by atoms with E-state index in [9.17, 15) is 41.0 Å². The number of carbonyl (C=O) groups excluding carboxylic acids is 2. The van der Waals surface area contributed by atoms with Crippen LogP contribution in [0.1, 0.15) is 53.7 Å². The Morgan fingerprint density at radius 3 is 2.08 bits per heavy atom. The molecule has 3 N–H and O–H groups in total. The van der Waals surface area contributed by atoms with Gasteiger partial charge in [0.1, 0.15) is 17.5 Å². The van der Waals surface area contributed by atoms with Gasteiger partial charge < -0.3 is 20.6 Å². The summed E-state index contributed by atoms with van der Waals surface area (Å²) in [5, 5.41) is 11.5. The zero-order chi connectivity index (χ0) is 26.7. The number of halogens is 7.